The first kappa shape index (κ1) is 8.21. The normalized spacial score (nSPS) is 10.1. The van der Waals surface area contributed by atoms with E-state index in [0.717, 1.165) is 11.1 Å². The molecule has 0 aliphatic rings. The summed E-state index contributed by atoms with van der Waals surface area (Å²) >= 11 is 0. The molecule has 0 fully saturated rings. The van der Waals surface area contributed by atoms with Gasteiger partial charge in [0.15, 0.2) is 0 Å². The maximum atomic E-state index is 12.9. The summed E-state index contributed by atoms with van der Waals surface area (Å²) in [5.41, 5.74) is 1.81. The minimum absolute atomic E-state index is 0.143. The van der Waals surface area contributed by atoms with Gasteiger partial charge in [-0.3, -0.25) is 0 Å². The highest BCUT2D eigenvalue weighted by Crippen LogP contribution is 2.07. The van der Waals surface area contributed by atoms with Crippen molar-refractivity contribution in [3.8, 4) is 0 Å². The molecule has 2 heteroatoms. The fourth-order valence-corrected chi connectivity index (χ4v) is 1.02. The second-order valence-corrected chi connectivity index (χ2v) is 2.59. The zero-order chi connectivity index (χ0) is 8.27. The van der Waals surface area contributed by atoms with E-state index in [1.165, 1.54) is 6.07 Å². The van der Waals surface area contributed by atoms with Crippen LogP contribution in [0.25, 0.3) is 0 Å². The molecule has 1 aromatic rings. The molecule has 0 saturated heterocycles. The quantitative estimate of drug-likeness (QED) is 0.610. The number of rotatable bonds is 2. The SMILES string of the molecule is [CH2-][NH2+]Cc1cc(C)ccc1F. The van der Waals surface area contributed by atoms with Gasteiger partial charge in [0, 0.05) is 5.56 Å². The average molecular weight is 153 g/mol. The van der Waals surface area contributed by atoms with E-state index in [1.54, 1.807) is 11.4 Å². The van der Waals surface area contributed by atoms with Gasteiger partial charge in [-0.2, -0.15) is 7.05 Å². The van der Waals surface area contributed by atoms with Crippen LogP contribution in [0, 0.1) is 19.8 Å². The van der Waals surface area contributed by atoms with E-state index >= 15 is 0 Å². The smallest absolute Gasteiger partial charge is 0.131 e. The second-order valence-electron chi connectivity index (χ2n) is 2.59. The largest absolute Gasteiger partial charge is 0.475 e. The van der Waals surface area contributed by atoms with Crippen LogP contribution in [0.5, 0.6) is 0 Å². The van der Waals surface area contributed by atoms with Gasteiger partial charge in [0.25, 0.3) is 0 Å². The molecule has 0 amide bonds. The highest BCUT2D eigenvalue weighted by molar-refractivity contribution is 5.23. The van der Waals surface area contributed by atoms with Crippen LogP contribution in [0.2, 0.25) is 0 Å². The first-order valence-corrected chi connectivity index (χ1v) is 3.60. The minimum Gasteiger partial charge on any atom is -0.475 e. The first-order chi connectivity index (χ1) is 5.24. The van der Waals surface area contributed by atoms with Gasteiger partial charge in [-0.15, -0.1) is 0 Å². The van der Waals surface area contributed by atoms with E-state index in [4.69, 9.17) is 0 Å². The molecule has 0 bridgehead atoms. The Morgan fingerprint density at radius 1 is 1.55 bits per heavy atom. The molecule has 11 heavy (non-hydrogen) atoms. The van der Waals surface area contributed by atoms with Gasteiger partial charge in [0.05, 0.1) is 6.54 Å². The summed E-state index contributed by atoms with van der Waals surface area (Å²) in [5.74, 6) is -0.143. The molecule has 0 unspecified atom stereocenters. The number of benzene rings is 1. The second kappa shape index (κ2) is 3.49. The topological polar surface area (TPSA) is 16.6 Å². The van der Waals surface area contributed by atoms with Crippen LogP contribution < -0.4 is 5.32 Å². The van der Waals surface area contributed by atoms with Gasteiger partial charge >= 0.3 is 0 Å². The molecule has 0 atom stereocenters. The van der Waals surface area contributed by atoms with Crippen LogP contribution in [0.15, 0.2) is 18.2 Å². The molecule has 2 N–H and O–H groups in total. The van der Waals surface area contributed by atoms with Gasteiger partial charge in [0.2, 0.25) is 0 Å². The van der Waals surface area contributed by atoms with Crippen LogP contribution in [-0.2, 0) is 6.54 Å². The summed E-state index contributed by atoms with van der Waals surface area (Å²) in [6, 6.07) is 5.10. The summed E-state index contributed by atoms with van der Waals surface area (Å²) in [7, 11) is 3.56. The average Bonchev–Trinajstić information content (AvgIpc) is 1.98. The van der Waals surface area contributed by atoms with Crippen molar-refractivity contribution in [3.63, 3.8) is 0 Å². The Morgan fingerprint density at radius 3 is 2.91 bits per heavy atom. The summed E-state index contributed by atoms with van der Waals surface area (Å²) in [5, 5.41) is 1.71. The van der Waals surface area contributed by atoms with Gasteiger partial charge in [-0.1, -0.05) is 11.6 Å². The van der Waals surface area contributed by atoms with Crippen molar-refractivity contribution < 1.29 is 9.71 Å². The maximum Gasteiger partial charge on any atom is 0.131 e. The molecule has 0 radical (unpaired) electrons. The summed E-state index contributed by atoms with van der Waals surface area (Å²) < 4.78 is 12.9. The third kappa shape index (κ3) is 2.02. The molecular formula is C9H12FN. The lowest BCUT2D eigenvalue weighted by Gasteiger charge is -2.02. The number of hydrogen-bond acceptors (Lipinski definition) is 0. The van der Waals surface area contributed by atoms with Gasteiger partial charge in [-0.25, -0.2) is 4.39 Å². The van der Waals surface area contributed by atoms with Crippen molar-refractivity contribution >= 4 is 0 Å². The van der Waals surface area contributed by atoms with Crippen LogP contribution in [-0.4, -0.2) is 0 Å². The van der Waals surface area contributed by atoms with Crippen molar-refractivity contribution in [2.24, 2.45) is 0 Å². The lowest BCUT2D eigenvalue weighted by molar-refractivity contribution is -0.612. The number of halogens is 1. The Balaban J connectivity index is 2.93. The molecule has 0 saturated carbocycles. The predicted octanol–water partition coefficient (Wildman–Crippen LogP) is 0.989. The molecule has 1 nitrogen and oxygen atoms in total. The first-order valence-electron chi connectivity index (χ1n) is 3.60. The lowest BCUT2D eigenvalue weighted by atomic mass is 10.1. The van der Waals surface area contributed by atoms with Crippen molar-refractivity contribution in [3.05, 3.63) is 42.2 Å². The molecular weight excluding hydrogens is 141 g/mol. The highest BCUT2D eigenvalue weighted by Gasteiger charge is 2.00. The van der Waals surface area contributed by atoms with Crippen LogP contribution in [0.1, 0.15) is 11.1 Å². The fourth-order valence-electron chi connectivity index (χ4n) is 1.02. The van der Waals surface area contributed by atoms with E-state index in [2.05, 4.69) is 7.05 Å². The summed E-state index contributed by atoms with van der Waals surface area (Å²) in [6.45, 7) is 2.56. The van der Waals surface area contributed by atoms with Crippen molar-refractivity contribution in [1.29, 1.82) is 0 Å². The fraction of sp³-hybridized carbons (Fsp3) is 0.222. The van der Waals surface area contributed by atoms with Crippen molar-refractivity contribution in [2.75, 3.05) is 0 Å². The number of nitrogens with two attached hydrogens (primary N) is 1. The minimum atomic E-state index is -0.143. The van der Waals surface area contributed by atoms with Gasteiger partial charge in [0.1, 0.15) is 5.82 Å². The zero-order valence-corrected chi connectivity index (χ0v) is 6.60. The summed E-state index contributed by atoms with van der Waals surface area (Å²) in [6.07, 6.45) is 0. The Bertz CT molecular complexity index is 245. The molecule has 0 heterocycles. The molecule has 0 aliphatic heterocycles. The monoisotopic (exact) mass is 153 g/mol. The Morgan fingerprint density at radius 2 is 2.27 bits per heavy atom. The third-order valence-electron chi connectivity index (χ3n) is 1.57. The number of quaternary nitrogens is 1. The maximum absolute atomic E-state index is 12.9. The zero-order valence-electron chi connectivity index (χ0n) is 6.60. The lowest BCUT2D eigenvalue weighted by Crippen LogP contribution is -2.75. The van der Waals surface area contributed by atoms with E-state index in [1.807, 2.05) is 13.0 Å². The van der Waals surface area contributed by atoms with Crippen molar-refractivity contribution in [1.82, 2.24) is 0 Å². The third-order valence-corrected chi connectivity index (χ3v) is 1.57. The van der Waals surface area contributed by atoms with Crippen LogP contribution in [0.4, 0.5) is 4.39 Å². The van der Waals surface area contributed by atoms with Crippen LogP contribution >= 0.6 is 0 Å². The Hall–Kier alpha value is -0.890. The molecule has 1 aromatic carbocycles. The summed E-state index contributed by atoms with van der Waals surface area (Å²) in [4.78, 5) is 0. The Labute approximate surface area is 66.2 Å². The highest BCUT2D eigenvalue weighted by atomic mass is 19.1. The standard InChI is InChI=1S/C9H12FN/c1-7-3-4-9(10)8(5-7)6-11-2/h3-5H,2,6,11H2,1H3. The molecule has 0 aliphatic carbocycles. The van der Waals surface area contributed by atoms with Gasteiger partial charge in [-0.05, 0) is 19.1 Å². The van der Waals surface area contributed by atoms with E-state index in [9.17, 15) is 4.39 Å². The Kier molecular flexibility index (Phi) is 2.60. The van der Waals surface area contributed by atoms with Crippen molar-refractivity contribution in [2.45, 2.75) is 13.5 Å². The molecule has 60 valence electrons. The molecule has 0 aromatic heterocycles. The van der Waals surface area contributed by atoms with E-state index in [-0.39, 0.29) is 5.82 Å². The number of aryl methyl sites for hydroxylation is 1. The van der Waals surface area contributed by atoms with E-state index < -0.39 is 0 Å². The van der Waals surface area contributed by atoms with Crippen LogP contribution in [0.3, 0.4) is 0 Å². The predicted molar refractivity (Wildman–Crippen MR) is 42.1 cm³/mol. The number of hydrogen-bond donors (Lipinski definition) is 1. The van der Waals surface area contributed by atoms with E-state index in [0.29, 0.717) is 6.54 Å². The molecule has 0 spiro atoms. The van der Waals surface area contributed by atoms with Gasteiger partial charge < -0.3 is 5.32 Å². The molecule has 1 rings (SSSR count).